The predicted octanol–water partition coefficient (Wildman–Crippen LogP) is 1.17. The molecule has 0 bridgehead atoms. The van der Waals surface area contributed by atoms with E-state index >= 15 is 0 Å². The van der Waals surface area contributed by atoms with Gasteiger partial charge >= 0.3 is 0 Å². The Kier molecular flexibility index (Phi) is 4.73. The summed E-state index contributed by atoms with van der Waals surface area (Å²) >= 11 is 0. The summed E-state index contributed by atoms with van der Waals surface area (Å²) in [7, 11) is 0. The van der Waals surface area contributed by atoms with E-state index < -0.39 is 11.9 Å². The van der Waals surface area contributed by atoms with Crippen LogP contribution in [0.1, 0.15) is 13.8 Å². The van der Waals surface area contributed by atoms with Gasteiger partial charge in [-0.2, -0.15) is 0 Å². The number of ether oxygens (including phenoxy) is 2. The molecule has 4 nitrogen and oxygen atoms in total. The lowest BCUT2D eigenvalue weighted by atomic mass is 10.2. The van der Waals surface area contributed by atoms with E-state index in [0.29, 0.717) is 12.4 Å². The zero-order valence-corrected chi connectivity index (χ0v) is 9.59. The van der Waals surface area contributed by atoms with Gasteiger partial charge in [-0.05, 0) is 26.0 Å². The van der Waals surface area contributed by atoms with Crippen LogP contribution in [0.4, 0.5) is 0 Å². The van der Waals surface area contributed by atoms with Crippen LogP contribution in [0.5, 0.6) is 5.75 Å². The molecule has 1 aromatic carbocycles. The maximum atomic E-state index is 9.71. The highest BCUT2D eigenvalue weighted by Crippen LogP contribution is 2.14. The van der Waals surface area contributed by atoms with Crippen LogP contribution in [0.15, 0.2) is 30.3 Å². The first kappa shape index (κ1) is 13.0. The van der Waals surface area contributed by atoms with Crippen LogP contribution >= 0.6 is 0 Å². The molecule has 1 aromatic rings. The van der Waals surface area contributed by atoms with E-state index in [0.717, 1.165) is 0 Å². The lowest BCUT2D eigenvalue weighted by molar-refractivity contribution is -0.247. The number of hydrogen-bond donors (Lipinski definition) is 2. The predicted molar refractivity (Wildman–Crippen MR) is 60.2 cm³/mol. The van der Waals surface area contributed by atoms with E-state index in [1.54, 1.807) is 19.1 Å². The van der Waals surface area contributed by atoms with Crippen LogP contribution in [-0.4, -0.2) is 35.3 Å². The van der Waals surface area contributed by atoms with Gasteiger partial charge in [-0.1, -0.05) is 18.2 Å². The normalized spacial score (nSPS) is 16.5. The average molecular weight is 226 g/mol. The first-order chi connectivity index (χ1) is 7.56. The standard InChI is InChI=1S/C12H18O4/c1-3-16-12(2,14)11(13)9-15-10-7-5-4-6-8-10/h4-8,11,13-14H,3,9H2,1-2H3. The van der Waals surface area contributed by atoms with Gasteiger partial charge in [-0.25, -0.2) is 0 Å². The summed E-state index contributed by atoms with van der Waals surface area (Å²) in [5, 5.41) is 19.4. The van der Waals surface area contributed by atoms with Crippen molar-refractivity contribution in [3.8, 4) is 5.75 Å². The Balaban J connectivity index is 2.43. The number of benzene rings is 1. The van der Waals surface area contributed by atoms with E-state index in [9.17, 15) is 10.2 Å². The summed E-state index contributed by atoms with van der Waals surface area (Å²) in [5.74, 6) is -0.933. The molecule has 0 saturated carbocycles. The molecule has 0 aliphatic carbocycles. The van der Waals surface area contributed by atoms with Gasteiger partial charge in [-0.15, -0.1) is 0 Å². The maximum absolute atomic E-state index is 9.71. The zero-order chi connectivity index (χ0) is 12.0. The second kappa shape index (κ2) is 5.84. The molecule has 0 aliphatic rings. The Morgan fingerprint density at radius 3 is 2.50 bits per heavy atom. The minimum Gasteiger partial charge on any atom is -0.491 e. The minimum atomic E-state index is -1.58. The van der Waals surface area contributed by atoms with Crippen molar-refractivity contribution in [1.29, 1.82) is 0 Å². The van der Waals surface area contributed by atoms with E-state index in [1.165, 1.54) is 6.92 Å². The first-order valence-electron chi connectivity index (χ1n) is 5.28. The first-order valence-corrected chi connectivity index (χ1v) is 5.28. The van der Waals surface area contributed by atoms with Crippen LogP contribution < -0.4 is 4.74 Å². The molecular weight excluding hydrogens is 208 g/mol. The van der Waals surface area contributed by atoms with Crippen molar-refractivity contribution in [2.45, 2.75) is 25.7 Å². The summed E-state index contributed by atoms with van der Waals surface area (Å²) in [6.07, 6.45) is -1.09. The second-order valence-corrected chi connectivity index (χ2v) is 3.63. The number of aliphatic hydroxyl groups is 2. The van der Waals surface area contributed by atoms with Crippen molar-refractivity contribution in [2.75, 3.05) is 13.2 Å². The van der Waals surface area contributed by atoms with Gasteiger partial charge in [0.15, 0.2) is 5.79 Å². The molecule has 0 heterocycles. The fourth-order valence-corrected chi connectivity index (χ4v) is 1.23. The van der Waals surface area contributed by atoms with Crippen LogP contribution in [-0.2, 0) is 4.74 Å². The van der Waals surface area contributed by atoms with Crippen molar-refractivity contribution in [2.24, 2.45) is 0 Å². The molecule has 0 fully saturated rings. The van der Waals surface area contributed by atoms with Crippen molar-refractivity contribution in [1.82, 2.24) is 0 Å². The van der Waals surface area contributed by atoms with E-state index in [4.69, 9.17) is 9.47 Å². The van der Waals surface area contributed by atoms with Crippen LogP contribution in [0.3, 0.4) is 0 Å². The van der Waals surface area contributed by atoms with E-state index in [2.05, 4.69) is 0 Å². The zero-order valence-electron chi connectivity index (χ0n) is 9.59. The molecule has 0 aliphatic heterocycles. The SMILES string of the molecule is CCOC(C)(O)C(O)COc1ccccc1. The average Bonchev–Trinajstić information content (AvgIpc) is 2.27. The molecule has 0 spiro atoms. The van der Waals surface area contributed by atoms with Gasteiger partial charge in [0.2, 0.25) is 0 Å². The fourth-order valence-electron chi connectivity index (χ4n) is 1.23. The van der Waals surface area contributed by atoms with Gasteiger partial charge in [0.25, 0.3) is 0 Å². The quantitative estimate of drug-likeness (QED) is 0.715. The number of hydrogen-bond acceptors (Lipinski definition) is 4. The molecule has 1 rings (SSSR count). The third kappa shape index (κ3) is 3.81. The second-order valence-electron chi connectivity index (χ2n) is 3.63. The van der Waals surface area contributed by atoms with Crippen LogP contribution in [0.2, 0.25) is 0 Å². The number of rotatable bonds is 6. The van der Waals surface area contributed by atoms with Gasteiger partial charge < -0.3 is 19.7 Å². The van der Waals surface area contributed by atoms with Crippen molar-refractivity contribution in [3.63, 3.8) is 0 Å². The monoisotopic (exact) mass is 226 g/mol. The van der Waals surface area contributed by atoms with Crippen molar-refractivity contribution >= 4 is 0 Å². The van der Waals surface area contributed by atoms with Crippen molar-refractivity contribution in [3.05, 3.63) is 30.3 Å². The highest BCUT2D eigenvalue weighted by atomic mass is 16.6. The Morgan fingerprint density at radius 2 is 1.94 bits per heavy atom. The van der Waals surface area contributed by atoms with Gasteiger partial charge in [-0.3, -0.25) is 0 Å². The summed E-state index contributed by atoms with van der Waals surface area (Å²) < 4.78 is 10.3. The minimum absolute atomic E-state index is 0.0169. The molecule has 16 heavy (non-hydrogen) atoms. The molecule has 0 amide bonds. The van der Waals surface area contributed by atoms with Gasteiger partial charge in [0.1, 0.15) is 18.5 Å². The lowest BCUT2D eigenvalue weighted by Gasteiger charge is -2.28. The molecule has 90 valence electrons. The smallest absolute Gasteiger partial charge is 0.192 e. The molecule has 0 aromatic heterocycles. The highest BCUT2D eigenvalue weighted by molar-refractivity contribution is 5.20. The van der Waals surface area contributed by atoms with Crippen LogP contribution in [0.25, 0.3) is 0 Å². The number of aliphatic hydroxyl groups excluding tert-OH is 1. The van der Waals surface area contributed by atoms with Gasteiger partial charge in [0.05, 0.1) is 0 Å². The number of para-hydroxylation sites is 1. The maximum Gasteiger partial charge on any atom is 0.192 e. The highest BCUT2D eigenvalue weighted by Gasteiger charge is 2.31. The lowest BCUT2D eigenvalue weighted by Crippen LogP contribution is -2.45. The summed E-state index contributed by atoms with van der Waals surface area (Å²) in [5.41, 5.74) is 0. The Hall–Kier alpha value is -1.10. The largest absolute Gasteiger partial charge is 0.491 e. The Bertz CT molecular complexity index is 297. The van der Waals surface area contributed by atoms with Crippen LogP contribution in [0, 0.1) is 0 Å². The summed E-state index contributed by atoms with van der Waals surface area (Å²) in [4.78, 5) is 0. The summed E-state index contributed by atoms with van der Waals surface area (Å²) in [6.45, 7) is 3.47. The molecular formula is C12H18O4. The molecule has 2 N–H and O–H groups in total. The fraction of sp³-hybridized carbons (Fsp3) is 0.500. The topological polar surface area (TPSA) is 58.9 Å². The molecule has 2 unspecified atom stereocenters. The van der Waals surface area contributed by atoms with Gasteiger partial charge in [0, 0.05) is 6.61 Å². The molecule has 4 heteroatoms. The summed E-state index contributed by atoms with van der Waals surface area (Å²) in [6, 6.07) is 9.11. The Labute approximate surface area is 95.4 Å². The molecule has 0 saturated heterocycles. The third-order valence-electron chi connectivity index (χ3n) is 2.21. The van der Waals surface area contributed by atoms with E-state index in [-0.39, 0.29) is 6.61 Å². The van der Waals surface area contributed by atoms with Crippen molar-refractivity contribution < 1.29 is 19.7 Å². The molecule has 0 radical (unpaired) electrons. The van der Waals surface area contributed by atoms with E-state index in [1.807, 2.05) is 18.2 Å². The Morgan fingerprint density at radius 1 is 1.31 bits per heavy atom. The third-order valence-corrected chi connectivity index (χ3v) is 2.21. The molecule has 2 atom stereocenters.